The third-order valence-electron chi connectivity index (χ3n) is 6.10. The predicted octanol–water partition coefficient (Wildman–Crippen LogP) is 8.49. The van der Waals surface area contributed by atoms with Crippen LogP contribution < -0.4 is 16.0 Å². The van der Waals surface area contributed by atoms with Crippen LogP contribution >= 0.6 is 23.2 Å². The molecule has 0 bridgehead atoms. The van der Waals surface area contributed by atoms with Crippen molar-refractivity contribution in [1.29, 1.82) is 0 Å². The van der Waals surface area contributed by atoms with E-state index in [9.17, 15) is 35.9 Å². The molecule has 0 unspecified atom stereocenters. The normalized spacial score (nSPS) is 13.3. The van der Waals surface area contributed by atoms with Crippen LogP contribution in [-0.2, 0) is 17.1 Å². The number of pyridine rings is 1. The number of H-pyrrole nitrogens is 1. The number of rotatable bonds is 6. The van der Waals surface area contributed by atoms with Crippen LogP contribution in [0.25, 0.3) is 10.9 Å². The Balaban J connectivity index is 1.38. The highest BCUT2D eigenvalue weighted by Gasteiger charge is 2.35. The Morgan fingerprint density at radius 1 is 0.884 bits per heavy atom. The molecule has 2 aromatic carbocycles. The molecule has 4 aromatic rings. The summed E-state index contributed by atoms with van der Waals surface area (Å²) in [4.78, 5) is 29.0. The first-order valence-electron chi connectivity index (χ1n) is 12.2. The minimum atomic E-state index is -4.69. The lowest BCUT2D eigenvalue weighted by atomic mass is 10.0. The van der Waals surface area contributed by atoms with E-state index < -0.39 is 57.8 Å². The third-order valence-corrected chi connectivity index (χ3v) is 6.76. The highest BCUT2D eigenvalue weighted by molar-refractivity contribution is 6.31. The molecule has 0 radical (unpaired) electrons. The molecule has 0 fully saturated rings. The minimum Gasteiger partial charge on any atom is -0.441 e. The molecule has 0 aliphatic heterocycles. The van der Waals surface area contributed by atoms with Crippen molar-refractivity contribution >= 4 is 57.9 Å². The van der Waals surface area contributed by atoms with E-state index in [-0.39, 0.29) is 22.8 Å². The first-order valence-corrected chi connectivity index (χ1v) is 12.9. The zero-order chi connectivity index (χ0) is 31.7. The van der Waals surface area contributed by atoms with Gasteiger partial charge in [0.1, 0.15) is 11.9 Å². The van der Waals surface area contributed by atoms with E-state index in [0.29, 0.717) is 10.9 Å². The number of aromatic amines is 1. The molecular weight excluding hydrogens is 629 g/mol. The Kier molecular flexibility index (Phi) is 8.97. The Morgan fingerprint density at radius 2 is 1.47 bits per heavy atom. The van der Waals surface area contributed by atoms with Crippen molar-refractivity contribution in [3.8, 4) is 0 Å². The minimum absolute atomic E-state index is 0.0142. The smallest absolute Gasteiger partial charge is 0.417 e. The summed E-state index contributed by atoms with van der Waals surface area (Å²) in [5, 5.41) is 13.2. The molecular formula is C26H20Cl2F6N6O3. The average Bonchev–Trinajstić information content (AvgIpc) is 3.29. The van der Waals surface area contributed by atoms with Gasteiger partial charge in [0.15, 0.2) is 5.82 Å². The summed E-state index contributed by atoms with van der Waals surface area (Å²) in [5.74, 6) is 0.0264. The highest BCUT2D eigenvalue weighted by Crippen LogP contribution is 2.37. The number of hydrogen-bond donors (Lipinski definition) is 4. The number of carbonyl (C=O) groups is 2. The monoisotopic (exact) mass is 648 g/mol. The van der Waals surface area contributed by atoms with E-state index in [1.54, 1.807) is 0 Å². The van der Waals surface area contributed by atoms with Gasteiger partial charge in [-0.2, -0.15) is 31.4 Å². The fraction of sp³-hybridized carbons (Fsp3) is 0.231. The lowest BCUT2D eigenvalue weighted by Crippen LogP contribution is -2.31. The SMILES string of the molecule is C[C@@H](NC(=O)Nc1cc2[nH]nc(NC(=O)O[C@H](C)c3ccc(Cl)c(C(F)(F)F)c3)c2cn1)c1ccc(Cl)c(C(F)(F)F)c1. The first-order chi connectivity index (χ1) is 20.0. The molecule has 2 heterocycles. The van der Waals surface area contributed by atoms with Crippen LogP contribution in [0.2, 0.25) is 10.0 Å². The molecule has 0 spiro atoms. The van der Waals surface area contributed by atoms with Gasteiger partial charge in [-0.3, -0.25) is 15.7 Å². The van der Waals surface area contributed by atoms with Crippen molar-refractivity contribution in [2.75, 3.05) is 10.6 Å². The van der Waals surface area contributed by atoms with E-state index >= 15 is 0 Å². The number of hydrogen-bond acceptors (Lipinski definition) is 5. The van der Waals surface area contributed by atoms with Gasteiger partial charge in [-0.1, -0.05) is 35.3 Å². The highest BCUT2D eigenvalue weighted by atomic mass is 35.5. The van der Waals surface area contributed by atoms with Gasteiger partial charge in [-0.25, -0.2) is 14.6 Å². The number of amides is 3. The molecule has 43 heavy (non-hydrogen) atoms. The van der Waals surface area contributed by atoms with Crippen molar-refractivity contribution in [1.82, 2.24) is 20.5 Å². The number of anilines is 2. The molecule has 228 valence electrons. The van der Waals surface area contributed by atoms with Gasteiger partial charge in [0, 0.05) is 12.3 Å². The number of aromatic nitrogens is 3. The fourth-order valence-corrected chi connectivity index (χ4v) is 4.36. The van der Waals surface area contributed by atoms with E-state index in [4.69, 9.17) is 27.9 Å². The number of nitrogens with one attached hydrogen (secondary N) is 4. The van der Waals surface area contributed by atoms with E-state index in [1.807, 2.05) is 0 Å². The van der Waals surface area contributed by atoms with Crippen LogP contribution in [0.3, 0.4) is 0 Å². The van der Waals surface area contributed by atoms with Gasteiger partial charge in [0.2, 0.25) is 0 Å². The number of fused-ring (bicyclic) bond motifs is 1. The zero-order valence-electron chi connectivity index (χ0n) is 21.9. The van der Waals surface area contributed by atoms with Gasteiger partial charge < -0.3 is 10.1 Å². The van der Waals surface area contributed by atoms with Gasteiger partial charge in [-0.05, 0) is 49.2 Å². The van der Waals surface area contributed by atoms with Crippen LogP contribution in [0, 0.1) is 0 Å². The second-order valence-electron chi connectivity index (χ2n) is 9.15. The summed E-state index contributed by atoms with van der Waals surface area (Å²) in [6.07, 6.45) is -10.2. The molecule has 0 saturated heterocycles. The number of alkyl halides is 6. The molecule has 9 nitrogen and oxygen atoms in total. The van der Waals surface area contributed by atoms with Crippen molar-refractivity contribution in [3.63, 3.8) is 0 Å². The summed E-state index contributed by atoms with van der Waals surface area (Å²) in [6, 6.07) is 6.21. The molecule has 2 aromatic heterocycles. The maximum absolute atomic E-state index is 13.2. The summed E-state index contributed by atoms with van der Waals surface area (Å²) in [5.41, 5.74) is -1.56. The van der Waals surface area contributed by atoms with Gasteiger partial charge in [0.05, 0.1) is 38.1 Å². The maximum Gasteiger partial charge on any atom is 0.417 e. The first kappa shape index (κ1) is 31.7. The third kappa shape index (κ3) is 7.59. The molecule has 4 N–H and O–H groups in total. The number of benzene rings is 2. The van der Waals surface area contributed by atoms with Crippen molar-refractivity contribution in [2.24, 2.45) is 0 Å². The van der Waals surface area contributed by atoms with Crippen molar-refractivity contribution in [3.05, 3.63) is 81.0 Å². The van der Waals surface area contributed by atoms with Crippen molar-refractivity contribution < 1.29 is 40.7 Å². The maximum atomic E-state index is 13.2. The van der Waals surface area contributed by atoms with Crippen molar-refractivity contribution in [2.45, 2.75) is 38.3 Å². The number of nitrogens with zero attached hydrogens (tertiary/aromatic N) is 2. The van der Waals surface area contributed by atoms with E-state index in [2.05, 4.69) is 31.1 Å². The number of carbonyl (C=O) groups excluding carboxylic acids is 2. The second-order valence-corrected chi connectivity index (χ2v) is 9.97. The predicted molar refractivity (Wildman–Crippen MR) is 146 cm³/mol. The molecule has 0 saturated carbocycles. The fourth-order valence-electron chi connectivity index (χ4n) is 3.91. The Bertz CT molecular complexity index is 1680. The summed E-state index contributed by atoms with van der Waals surface area (Å²) in [7, 11) is 0. The lowest BCUT2D eigenvalue weighted by Gasteiger charge is -2.17. The molecule has 2 atom stereocenters. The molecule has 3 amide bonds. The number of urea groups is 1. The topological polar surface area (TPSA) is 121 Å². The van der Waals surface area contributed by atoms with Gasteiger partial charge in [-0.15, -0.1) is 0 Å². The largest absolute Gasteiger partial charge is 0.441 e. The van der Waals surface area contributed by atoms with Crippen LogP contribution in [0.15, 0.2) is 48.7 Å². The molecule has 0 aliphatic rings. The van der Waals surface area contributed by atoms with Crippen LogP contribution in [-0.4, -0.2) is 27.3 Å². The van der Waals surface area contributed by atoms with E-state index in [0.717, 1.165) is 24.3 Å². The summed E-state index contributed by atoms with van der Waals surface area (Å²) < 4.78 is 84.1. The van der Waals surface area contributed by atoms with Crippen LogP contribution in [0.1, 0.15) is 48.2 Å². The average molecular weight is 649 g/mol. The standard InChI is InChI=1S/C26H20Cl2F6N6O3/c1-11(13-3-5-18(27)16(7-13)25(29,30)31)36-23(41)37-21-9-20-15(10-35-21)22(40-39-20)38-24(42)43-12(2)14-4-6-19(28)17(8-14)26(32,33)34/h3-12H,1-2H3,(H2,35,36,37,41)(H2,38,39,40,42)/t11-,12-/m1/s1. The van der Waals surface area contributed by atoms with Crippen LogP contribution in [0.5, 0.6) is 0 Å². The quantitative estimate of drug-likeness (QED) is 0.156. The Morgan fingerprint density at radius 3 is 2.07 bits per heavy atom. The van der Waals surface area contributed by atoms with Gasteiger partial charge in [0.25, 0.3) is 0 Å². The molecule has 0 aliphatic carbocycles. The lowest BCUT2D eigenvalue weighted by molar-refractivity contribution is -0.138. The second kappa shape index (κ2) is 12.2. The Hall–Kier alpha value is -4.24. The van der Waals surface area contributed by atoms with Crippen LogP contribution in [0.4, 0.5) is 47.6 Å². The number of halogens is 8. The summed E-state index contributed by atoms with van der Waals surface area (Å²) >= 11 is 11.3. The zero-order valence-corrected chi connectivity index (χ0v) is 23.4. The van der Waals surface area contributed by atoms with E-state index in [1.165, 1.54) is 38.2 Å². The summed E-state index contributed by atoms with van der Waals surface area (Å²) in [6.45, 7) is 2.85. The molecule has 4 rings (SSSR count). The Labute approximate surface area is 248 Å². The van der Waals surface area contributed by atoms with Gasteiger partial charge >= 0.3 is 24.5 Å². The number of ether oxygens (including phenoxy) is 1. The molecule has 17 heteroatoms.